The lowest BCUT2D eigenvalue weighted by Gasteiger charge is -2.12. The number of hydrogen-bond donors (Lipinski definition) is 3. The Labute approximate surface area is 106 Å². The standard InChI is InChI=1S/C12H17N3OS/c1-7-5-9(13-6-7)12(16)15-11-8(2)3-4-10(17)14-11/h3-4,7,9,13H,5-6H2,1-2H3,(H2,14,15,16,17). The van der Waals surface area contributed by atoms with Gasteiger partial charge in [0, 0.05) is 0 Å². The van der Waals surface area contributed by atoms with Crippen LogP contribution >= 0.6 is 12.2 Å². The van der Waals surface area contributed by atoms with Gasteiger partial charge in [-0.2, -0.15) is 0 Å². The lowest BCUT2D eigenvalue weighted by molar-refractivity contribution is -0.117. The van der Waals surface area contributed by atoms with Crippen LogP contribution in [0.1, 0.15) is 18.9 Å². The summed E-state index contributed by atoms with van der Waals surface area (Å²) >= 11 is 5.04. The van der Waals surface area contributed by atoms with Crippen molar-refractivity contribution in [3.8, 4) is 0 Å². The molecule has 5 heteroatoms. The Morgan fingerprint density at radius 2 is 2.29 bits per heavy atom. The summed E-state index contributed by atoms with van der Waals surface area (Å²) < 4.78 is 0.624. The van der Waals surface area contributed by atoms with Crippen molar-refractivity contribution in [3.63, 3.8) is 0 Å². The van der Waals surface area contributed by atoms with Crippen molar-refractivity contribution in [2.75, 3.05) is 11.9 Å². The number of aromatic amines is 1. The van der Waals surface area contributed by atoms with Crippen LogP contribution in [0.2, 0.25) is 0 Å². The van der Waals surface area contributed by atoms with Gasteiger partial charge in [-0.3, -0.25) is 4.79 Å². The fraction of sp³-hybridized carbons (Fsp3) is 0.500. The third kappa shape index (κ3) is 2.92. The largest absolute Gasteiger partial charge is 0.333 e. The molecular weight excluding hydrogens is 234 g/mol. The molecule has 2 atom stereocenters. The summed E-state index contributed by atoms with van der Waals surface area (Å²) in [6.45, 7) is 4.98. The zero-order valence-electron chi connectivity index (χ0n) is 10.0. The predicted octanol–water partition coefficient (Wildman–Crippen LogP) is 1.99. The first-order valence-electron chi connectivity index (χ1n) is 5.80. The molecule has 2 unspecified atom stereocenters. The second kappa shape index (κ2) is 4.98. The van der Waals surface area contributed by atoms with Gasteiger partial charge in [0.15, 0.2) is 0 Å². The van der Waals surface area contributed by atoms with Gasteiger partial charge in [0.2, 0.25) is 5.91 Å². The van der Waals surface area contributed by atoms with Gasteiger partial charge in [-0.25, -0.2) is 0 Å². The Morgan fingerprint density at radius 1 is 1.53 bits per heavy atom. The molecule has 0 aliphatic carbocycles. The third-order valence-corrected chi connectivity index (χ3v) is 3.28. The fourth-order valence-corrected chi connectivity index (χ4v) is 2.17. The fourth-order valence-electron chi connectivity index (χ4n) is 2.00. The molecule has 17 heavy (non-hydrogen) atoms. The van der Waals surface area contributed by atoms with Gasteiger partial charge < -0.3 is 15.6 Å². The number of nitrogens with one attached hydrogen (secondary N) is 3. The predicted molar refractivity (Wildman–Crippen MR) is 70.6 cm³/mol. The van der Waals surface area contributed by atoms with Crippen LogP contribution in [0.3, 0.4) is 0 Å². The van der Waals surface area contributed by atoms with Gasteiger partial charge in [-0.15, -0.1) is 0 Å². The number of carbonyl (C=O) groups excluding carboxylic acids is 1. The van der Waals surface area contributed by atoms with E-state index in [4.69, 9.17) is 12.2 Å². The highest BCUT2D eigenvalue weighted by atomic mass is 32.1. The summed E-state index contributed by atoms with van der Waals surface area (Å²) in [6, 6.07) is 3.63. The molecule has 3 N–H and O–H groups in total. The molecule has 2 rings (SSSR count). The number of carbonyl (C=O) groups is 1. The quantitative estimate of drug-likeness (QED) is 0.705. The molecule has 0 radical (unpaired) electrons. The van der Waals surface area contributed by atoms with Crippen LogP contribution < -0.4 is 10.6 Å². The van der Waals surface area contributed by atoms with Crippen LogP contribution in [-0.2, 0) is 4.79 Å². The van der Waals surface area contributed by atoms with Crippen LogP contribution in [0.5, 0.6) is 0 Å². The molecule has 0 saturated carbocycles. The molecular formula is C12H17N3OS. The monoisotopic (exact) mass is 251 g/mol. The van der Waals surface area contributed by atoms with E-state index in [0.717, 1.165) is 18.5 Å². The third-order valence-electron chi connectivity index (χ3n) is 3.04. The first-order valence-corrected chi connectivity index (χ1v) is 6.21. The molecule has 1 aromatic rings. The van der Waals surface area contributed by atoms with Crippen LogP contribution in [0, 0.1) is 17.5 Å². The minimum atomic E-state index is -0.0911. The van der Waals surface area contributed by atoms with Gasteiger partial charge >= 0.3 is 0 Å². The number of rotatable bonds is 2. The molecule has 1 aliphatic rings. The van der Waals surface area contributed by atoms with Crippen LogP contribution in [0.4, 0.5) is 5.82 Å². The molecule has 2 heterocycles. The average molecular weight is 251 g/mol. The van der Waals surface area contributed by atoms with Gasteiger partial charge in [-0.05, 0) is 37.4 Å². The zero-order chi connectivity index (χ0) is 12.4. The van der Waals surface area contributed by atoms with Crippen LogP contribution in [0.15, 0.2) is 12.1 Å². The number of pyridine rings is 1. The molecule has 0 aromatic carbocycles. The lowest BCUT2D eigenvalue weighted by atomic mass is 10.1. The van der Waals surface area contributed by atoms with Gasteiger partial charge in [-0.1, -0.05) is 25.2 Å². The van der Waals surface area contributed by atoms with E-state index in [2.05, 4.69) is 22.5 Å². The number of aromatic nitrogens is 1. The Balaban J connectivity index is 2.08. The number of amides is 1. The maximum Gasteiger partial charge on any atom is 0.242 e. The summed E-state index contributed by atoms with van der Waals surface area (Å²) in [7, 11) is 0. The van der Waals surface area contributed by atoms with Gasteiger partial charge in [0.1, 0.15) is 10.5 Å². The smallest absolute Gasteiger partial charge is 0.242 e. The molecule has 1 saturated heterocycles. The number of aryl methyl sites for hydroxylation is 1. The SMILES string of the molecule is Cc1ccc(=S)[nH]c1NC(=O)C1CC(C)CN1. The Hall–Kier alpha value is -1.20. The molecule has 1 aliphatic heterocycles. The van der Waals surface area contributed by atoms with E-state index in [1.54, 1.807) is 0 Å². The minimum absolute atomic E-state index is 0.00861. The van der Waals surface area contributed by atoms with Gasteiger partial charge in [0.05, 0.1) is 6.04 Å². The molecule has 1 aromatic heterocycles. The second-order valence-electron chi connectivity index (χ2n) is 4.67. The molecule has 0 bridgehead atoms. The summed E-state index contributed by atoms with van der Waals surface area (Å²) in [5, 5.41) is 6.10. The topological polar surface area (TPSA) is 56.9 Å². The van der Waals surface area contributed by atoms with Crippen molar-refractivity contribution in [1.82, 2.24) is 10.3 Å². The van der Waals surface area contributed by atoms with Crippen molar-refractivity contribution in [2.24, 2.45) is 5.92 Å². The Kier molecular flexibility index (Phi) is 3.59. The molecule has 1 fully saturated rings. The van der Waals surface area contributed by atoms with Crippen LogP contribution in [-0.4, -0.2) is 23.5 Å². The molecule has 92 valence electrons. The van der Waals surface area contributed by atoms with E-state index >= 15 is 0 Å². The van der Waals surface area contributed by atoms with E-state index < -0.39 is 0 Å². The van der Waals surface area contributed by atoms with Crippen LogP contribution in [0.25, 0.3) is 0 Å². The van der Waals surface area contributed by atoms with E-state index in [-0.39, 0.29) is 11.9 Å². The van der Waals surface area contributed by atoms with Gasteiger partial charge in [0.25, 0.3) is 0 Å². The van der Waals surface area contributed by atoms with E-state index in [9.17, 15) is 4.79 Å². The second-order valence-corrected chi connectivity index (χ2v) is 5.11. The summed E-state index contributed by atoms with van der Waals surface area (Å²) in [4.78, 5) is 15.0. The summed E-state index contributed by atoms with van der Waals surface area (Å²) in [5.41, 5.74) is 0.984. The highest BCUT2D eigenvalue weighted by molar-refractivity contribution is 7.71. The van der Waals surface area contributed by atoms with Crippen molar-refractivity contribution in [1.29, 1.82) is 0 Å². The van der Waals surface area contributed by atoms with Crippen molar-refractivity contribution in [2.45, 2.75) is 26.3 Å². The highest BCUT2D eigenvalue weighted by Gasteiger charge is 2.26. The average Bonchev–Trinajstić information content (AvgIpc) is 2.70. The van der Waals surface area contributed by atoms with E-state index in [1.165, 1.54) is 0 Å². The lowest BCUT2D eigenvalue weighted by Crippen LogP contribution is -2.35. The van der Waals surface area contributed by atoms with E-state index in [0.29, 0.717) is 16.4 Å². The number of anilines is 1. The maximum atomic E-state index is 12.0. The zero-order valence-corrected chi connectivity index (χ0v) is 10.9. The highest BCUT2D eigenvalue weighted by Crippen LogP contribution is 2.16. The van der Waals surface area contributed by atoms with Crippen molar-refractivity contribution >= 4 is 23.9 Å². The maximum absolute atomic E-state index is 12.0. The first kappa shape index (κ1) is 12.3. The molecule has 0 spiro atoms. The minimum Gasteiger partial charge on any atom is -0.333 e. The molecule has 1 amide bonds. The summed E-state index contributed by atoms with van der Waals surface area (Å²) in [6.07, 6.45) is 0.887. The normalized spacial score (nSPS) is 23.6. The molecule has 4 nitrogen and oxygen atoms in total. The Morgan fingerprint density at radius 3 is 2.94 bits per heavy atom. The first-order chi connectivity index (χ1) is 8.06. The van der Waals surface area contributed by atoms with Crippen molar-refractivity contribution < 1.29 is 4.79 Å². The van der Waals surface area contributed by atoms with E-state index in [1.807, 2.05) is 19.1 Å². The number of H-pyrrole nitrogens is 1. The Bertz CT molecular complexity index is 483. The van der Waals surface area contributed by atoms with Crippen molar-refractivity contribution in [3.05, 3.63) is 22.3 Å². The summed E-state index contributed by atoms with van der Waals surface area (Å²) in [5.74, 6) is 1.26. The number of hydrogen-bond acceptors (Lipinski definition) is 3.